The maximum absolute atomic E-state index is 5.96. The Morgan fingerprint density at radius 3 is 2.75 bits per heavy atom. The number of nitrogen functional groups attached to an aromatic ring is 1. The summed E-state index contributed by atoms with van der Waals surface area (Å²) in [7, 11) is 1.70. The van der Waals surface area contributed by atoms with Gasteiger partial charge < -0.3 is 15.8 Å². The van der Waals surface area contributed by atoms with Crippen LogP contribution in [0.1, 0.15) is 19.4 Å². The number of nitrogens with one attached hydrogen (secondary N) is 1. The van der Waals surface area contributed by atoms with Crippen molar-refractivity contribution in [1.29, 1.82) is 0 Å². The second-order valence-electron chi connectivity index (χ2n) is 4.34. The van der Waals surface area contributed by atoms with E-state index in [0.29, 0.717) is 18.2 Å². The van der Waals surface area contributed by atoms with Gasteiger partial charge in [-0.2, -0.15) is 0 Å². The van der Waals surface area contributed by atoms with Gasteiger partial charge >= 0.3 is 0 Å². The SMILES string of the molecule is COCC(Nc1nccc(C)c1N)C(C)C. The molecule has 0 aliphatic rings. The molecular weight excluding hydrogens is 202 g/mol. The van der Waals surface area contributed by atoms with E-state index in [-0.39, 0.29) is 6.04 Å². The first-order valence-corrected chi connectivity index (χ1v) is 5.52. The van der Waals surface area contributed by atoms with Gasteiger partial charge in [0.1, 0.15) is 5.82 Å². The number of rotatable bonds is 5. The summed E-state index contributed by atoms with van der Waals surface area (Å²) in [6.45, 7) is 6.90. The molecule has 1 aromatic heterocycles. The highest BCUT2D eigenvalue weighted by Crippen LogP contribution is 2.21. The van der Waals surface area contributed by atoms with Gasteiger partial charge in [-0.25, -0.2) is 4.98 Å². The Bertz CT molecular complexity index is 339. The molecule has 1 aromatic rings. The monoisotopic (exact) mass is 223 g/mol. The number of ether oxygens (including phenoxy) is 1. The minimum atomic E-state index is 0.224. The maximum Gasteiger partial charge on any atom is 0.149 e. The smallest absolute Gasteiger partial charge is 0.149 e. The highest BCUT2D eigenvalue weighted by molar-refractivity contribution is 5.65. The average molecular weight is 223 g/mol. The van der Waals surface area contributed by atoms with Crippen LogP contribution in [0.5, 0.6) is 0 Å². The standard InChI is InChI=1S/C12H21N3O/c1-8(2)10(7-16-4)15-12-11(13)9(3)5-6-14-12/h5-6,8,10H,7,13H2,1-4H3,(H,14,15). The average Bonchev–Trinajstić information content (AvgIpc) is 2.23. The summed E-state index contributed by atoms with van der Waals surface area (Å²) in [6, 6.07) is 2.13. The molecule has 4 nitrogen and oxygen atoms in total. The lowest BCUT2D eigenvalue weighted by Crippen LogP contribution is -2.31. The zero-order valence-corrected chi connectivity index (χ0v) is 10.4. The van der Waals surface area contributed by atoms with Crippen molar-refractivity contribution in [3.05, 3.63) is 17.8 Å². The minimum Gasteiger partial charge on any atom is -0.396 e. The zero-order valence-electron chi connectivity index (χ0n) is 10.4. The van der Waals surface area contributed by atoms with Crippen LogP contribution in [0, 0.1) is 12.8 Å². The quantitative estimate of drug-likeness (QED) is 0.802. The molecule has 0 radical (unpaired) electrons. The van der Waals surface area contributed by atoms with Gasteiger partial charge in [0.25, 0.3) is 0 Å². The van der Waals surface area contributed by atoms with Crippen molar-refractivity contribution in [2.45, 2.75) is 26.8 Å². The van der Waals surface area contributed by atoms with Crippen LogP contribution in [0.2, 0.25) is 0 Å². The molecule has 3 N–H and O–H groups in total. The Hall–Kier alpha value is -1.29. The highest BCUT2D eigenvalue weighted by atomic mass is 16.5. The second-order valence-corrected chi connectivity index (χ2v) is 4.34. The fraction of sp³-hybridized carbons (Fsp3) is 0.583. The first kappa shape index (κ1) is 12.8. The topological polar surface area (TPSA) is 60.2 Å². The summed E-state index contributed by atoms with van der Waals surface area (Å²) in [5, 5.41) is 3.33. The van der Waals surface area contributed by atoms with Crippen LogP contribution in [0.15, 0.2) is 12.3 Å². The Balaban J connectivity index is 2.81. The van der Waals surface area contributed by atoms with Crippen molar-refractivity contribution in [3.63, 3.8) is 0 Å². The molecule has 0 spiro atoms. The van der Waals surface area contributed by atoms with Gasteiger partial charge in [-0.3, -0.25) is 0 Å². The lowest BCUT2D eigenvalue weighted by atomic mass is 10.1. The van der Waals surface area contributed by atoms with E-state index in [2.05, 4.69) is 24.1 Å². The molecule has 1 heterocycles. The number of aromatic nitrogens is 1. The lowest BCUT2D eigenvalue weighted by Gasteiger charge is -2.23. The van der Waals surface area contributed by atoms with Crippen molar-refractivity contribution < 1.29 is 4.74 Å². The Morgan fingerprint density at radius 1 is 1.50 bits per heavy atom. The van der Waals surface area contributed by atoms with Crippen molar-refractivity contribution in [2.75, 3.05) is 24.8 Å². The summed E-state index contributed by atoms with van der Waals surface area (Å²) in [5.41, 5.74) is 7.71. The predicted molar refractivity (Wildman–Crippen MR) is 67.5 cm³/mol. The molecule has 16 heavy (non-hydrogen) atoms. The molecule has 0 saturated carbocycles. The molecule has 1 unspecified atom stereocenters. The Morgan fingerprint density at radius 2 is 2.19 bits per heavy atom. The molecule has 0 amide bonds. The number of pyridine rings is 1. The molecule has 0 aliphatic carbocycles. The van der Waals surface area contributed by atoms with Crippen molar-refractivity contribution >= 4 is 11.5 Å². The van der Waals surface area contributed by atoms with Crippen LogP contribution in [0.3, 0.4) is 0 Å². The third-order valence-electron chi connectivity index (χ3n) is 2.68. The van der Waals surface area contributed by atoms with E-state index in [1.54, 1.807) is 13.3 Å². The lowest BCUT2D eigenvalue weighted by molar-refractivity contribution is 0.171. The largest absolute Gasteiger partial charge is 0.396 e. The fourth-order valence-electron chi connectivity index (χ4n) is 1.44. The van der Waals surface area contributed by atoms with Gasteiger partial charge in [-0.1, -0.05) is 13.8 Å². The van der Waals surface area contributed by atoms with Crippen LogP contribution in [0.25, 0.3) is 0 Å². The summed E-state index contributed by atoms with van der Waals surface area (Å²) in [4.78, 5) is 4.25. The molecule has 1 rings (SSSR count). The van der Waals surface area contributed by atoms with Gasteiger partial charge in [0.05, 0.1) is 18.3 Å². The Labute approximate surface area is 97.2 Å². The van der Waals surface area contributed by atoms with E-state index in [0.717, 1.165) is 11.4 Å². The van der Waals surface area contributed by atoms with Crippen molar-refractivity contribution in [3.8, 4) is 0 Å². The van der Waals surface area contributed by atoms with E-state index in [9.17, 15) is 0 Å². The van der Waals surface area contributed by atoms with Crippen LogP contribution in [-0.4, -0.2) is 24.7 Å². The van der Waals surface area contributed by atoms with Gasteiger partial charge in [-0.05, 0) is 24.5 Å². The molecule has 0 bridgehead atoms. The molecule has 0 aromatic carbocycles. The third kappa shape index (κ3) is 3.10. The number of nitrogens with zero attached hydrogens (tertiary/aromatic N) is 1. The number of aryl methyl sites for hydroxylation is 1. The van der Waals surface area contributed by atoms with Crippen LogP contribution >= 0.6 is 0 Å². The molecular formula is C12H21N3O. The minimum absolute atomic E-state index is 0.224. The van der Waals surface area contributed by atoms with Gasteiger partial charge in [0.15, 0.2) is 0 Å². The molecule has 4 heteroatoms. The number of hydrogen-bond donors (Lipinski definition) is 2. The Kier molecular flexibility index (Phi) is 4.55. The highest BCUT2D eigenvalue weighted by Gasteiger charge is 2.15. The molecule has 1 atom stereocenters. The molecule has 0 saturated heterocycles. The number of anilines is 2. The predicted octanol–water partition coefficient (Wildman–Crippen LogP) is 2.06. The zero-order chi connectivity index (χ0) is 12.1. The first-order chi connectivity index (χ1) is 7.56. The van der Waals surface area contributed by atoms with E-state index in [4.69, 9.17) is 10.5 Å². The van der Waals surface area contributed by atoms with Crippen molar-refractivity contribution in [1.82, 2.24) is 4.98 Å². The van der Waals surface area contributed by atoms with E-state index < -0.39 is 0 Å². The first-order valence-electron chi connectivity index (χ1n) is 5.52. The summed E-state index contributed by atoms with van der Waals surface area (Å²) >= 11 is 0. The van der Waals surface area contributed by atoms with Crippen LogP contribution < -0.4 is 11.1 Å². The fourth-order valence-corrected chi connectivity index (χ4v) is 1.44. The summed E-state index contributed by atoms with van der Waals surface area (Å²) in [5.74, 6) is 1.21. The van der Waals surface area contributed by atoms with Gasteiger partial charge in [-0.15, -0.1) is 0 Å². The molecule has 0 fully saturated rings. The van der Waals surface area contributed by atoms with E-state index >= 15 is 0 Å². The van der Waals surface area contributed by atoms with Gasteiger partial charge in [0.2, 0.25) is 0 Å². The third-order valence-corrected chi connectivity index (χ3v) is 2.68. The number of methoxy groups -OCH3 is 1. The van der Waals surface area contributed by atoms with E-state index in [1.165, 1.54) is 0 Å². The normalized spacial score (nSPS) is 12.8. The maximum atomic E-state index is 5.96. The van der Waals surface area contributed by atoms with E-state index in [1.807, 2.05) is 13.0 Å². The van der Waals surface area contributed by atoms with Crippen LogP contribution in [-0.2, 0) is 4.74 Å². The number of hydrogen-bond acceptors (Lipinski definition) is 4. The summed E-state index contributed by atoms with van der Waals surface area (Å²) < 4.78 is 5.18. The van der Waals surface area contributed by atoms with Crippen LogP contribution in [0.4, 0.5) is 11.5 Å². The van der Waals surface area contributed by atoms with Gasteiger partial charge in [0, 0.05) is 13.3 Å². The second kappa shape index (κ2) is 5.70. The molecule has 0 aliphatic heterocycles. The van der Waals surface area contributed by atoms with Crippen molar-refractivity contribution in [2.24, 2.45) is 5.92 Å². The summed E-state index contributed by atoms with van der Waals surface area (Å²) in [6.07, 6.45) is 1.76. The molecule has 90 valence electrons. The number of nitrogens with two attached hydrogens (primary N) is 1.